The Morgan fingerprint density at radius 3 is 2.81 bits per heavy atom. The molecule has 5 heteroatoms. The monoisotopic (exact) mass is 276 g/mol. The molecular weight excluding hydrogens is 268 g/mol. The zero-order valence-corrected chi connectivity index (χ0v) is 10.2. The topological polar surface area (TPSA) is 53.6 Å². The molecule has 0 atom stereocenters. The minimum atomic E-state index is 0.617. The zero-order valence-electron chi connectivity index (χ0n) is 8.61. The molecule has 0 saturated carbocycles. The Balaban J connectivity index is 2.23. The summed E-state index contributed by atoms with van der Waals surface area (Å²) in [6, 6.07) is 9.44. The second kappa shape index (κ2) is 4.37. The van der Waals surface area contributed by atoms with Gasteiger partial charge in [-0.05, 0) is 34.1 Å². The fourth-order valence-electron chi connectivity index (χ4n) is 1.31. The van der Waals surface area contributed by atoms with E-state index in [1.165, 1.54) is 0 Å². The first-order valence-electron chi connectivity index (χ1n) is 4.65. The molecule has 0 unspecified atom stereocenters. The summed E-state index contributed by atoms with van der Waals surface area (Å²) >= 11 is 3.34. The minimum absolute atomic E-state index is 0.617. The van der Waals surface area contributed by atoms with Crippen LogP contribution in [-0.4, -0.2) is 9.78 Å². The summed E-state index contributed by atoms with van der Waals surface area (Å²) in [6.07, 6.45) is 1.86. The van der Waals surface area contributed by atoms with Crippen molar-refractivity contribution >= 4 is 27.4 Å². The molecule has 1 aromatic heterocycles. The third-order valence-corrected chi connectivity index (χ3v) is 2.73. The molecule has 1 heterocycles. The van der Waals surface area contributed by atoms with Crippen molar-refractivity contribution in [2.75, 3.05) is 5.32 Å². The highest BCUT2D eigenvalue weighted by atomic mass is 79.9. The molecule has 1 N–H and O–H groups in total. The van der Waals surface area contributed by atoms with Gasteiger partial charge < -0.3 is 5.32 Å². The Kier molecular flexibility index (Phi) is 2.93. The summed E-state index contributed by atoms with van der Waals surface area (Å²) in [4.78, 5) is 0. The highest BCUT2D eigenvalue weighted by Crippen LogP contribution is 2.22. The lowest BCUT2D eigenvalue weighted by atomic mass is 10.2. The number of aryl methyl sites for hydroxylation is 1. The number of nitriles is 1. The van der Waals surface area contributed by atoms with E-state index >= 15 is 0 Å². The Morgan fingerprint density at radius 2 is 2.25 bits per heavy atom. The van der Waals surface area contributed by atoms with Crippen molar-refractivity contribution in [1.82, 2.24) is 9.78 Å². The molecule has 4 nitrogen and oxygen atoms in total. The maximum absolute atomic E-state index is 8.79. The van der Waals surface area contributed by atoms with Crippen LogP contribution in [0.1, 0.15) is 5.56 Å². The lowest BCUT2D eigenvalue weighted by Gasteiger charge is -2.03. The van der Waals surface area contributed by atoms with Gasteiger partial charge in [0.15, 0.2) is 5.82 Å². The third-order valence-electron chi connectivity index (χ3n) is 2.08. The van der Waals surface area contributed by atoms with E-state index in [2.05, 4.69) is 32.4 Å². The van der Waals surface area contributed by atoms with Crippen LogP contribution in [0.2, 0.25) is 0 Å². The normalized spacial score (nSPS) is 9.81. The summed E-state index contributed by atoms with van der Waals surface area (Å²) < 4.78 is 2.50. The van der Waals surface area contributed by atoms with Gasteiger partial charge in [-0.3, -0.25) is 4.68 Å². The number of nitrogens with zero attached hydrogens (tertiary/aromatic N) is 3. The van der Waals surface area contributed by atoms with E-state index in [1.54, 1.807) is 10.7 Å². The highest BCUT2D eigenvalue weighted by Gasteiger charge is 2.02. The molecular formula is C11H9BrN4. The maximum atomic E-state index is 8.79. The van der Waals surface area contributed by atoms with Gasteiger partial charge in [-0.1, -0.05) is 0 Å². The first kappa shape index (κ1) is 10.7. The van der Waals surface area contributed by atoms with Gasteiger partial charge in [0.05, 0.1) is 5.56 Å². The zero-order chi connectivity index (χ0) is 11.5. The quantitative estimate of drug-likeness (QED) is 0.918. The van der Waals surface area contributed by atoms with Crippen LogP contribution in [0.25, 0.3) is 0 Å². The van der Waals surface area contributed by atoms with Gasteiger partial charge in [-0.15, -0.1) is 0 Å². The van der Waals surface area contributed by atoms with Crippen LogP contribution in [-0.2, 0) is 7.05 Å². The van der Waals surface area contributed by atoms with E-state index < -0.39 is 0 Å². The van der Waals surface area contributed by atoms with Crippen LogP contribution in [0.3, 0.4) is 0 Å². The van der Waals surface area contributed by atoms with Gasteiger partial charge in [0, 0.05) is 29.5 Å². The van der Waals surface area contributed by atoms with Crippen molar-refractivity contribution in [2.45, 2.75) is 0 Å². The van der Waals surface area contributed by atoms with Gasteiger partial charge in [-0.2, -0.15) is 10.4 Å². The van der Waals surface area contributed by atoms with E-state index in [4.69, 9.17) is 5.26 Å². The lowest BCUT2D eigenvalue weighted by molar-refractivity contribution is 0.771. The molecule has 0 aliphatic rings. The Morgan fingerprint density at radius 1 is 1.44 bits per heavy atom. The Hall–Kier alpha value is -1.80. The maximum Gasteiger partial charge on any atom is 0.152 e. The molecule has 0 aliphatic heterocycles. The fourth-order valence-corrected chi connectivity index (χ4v) is 1.78. The van der Waals surface area contributed by atoms with Crippen molar-refractivity contribution in [2.24, 2.45) is 7.05 Å². The van der Waals surface area contributed by atoms with Gasteiger partial charge in [0.25, 0.3) is 0 Å². The number of rotatable bonds is 2. The van der Waals surface area contributed by atoms with Crippen LogP contribution in [0.5, 0.6) is 0 Å². The highest BCUT2D eigenvalue weighted by molar-refractivity contribution is 9.10. The first-order chi connectivity index (χ1) is 7.69. The number of hydrogen-bond donors (Lipinski definition) is 1. The van der Waals surface area contributed by atoms with E-state index in [0.29, 0.717) is 5.56 Å². The van der Waals surface area contributed by atoms with Crippen LogP contribution < -0.4 is 5.32 Å². The second-order valence-corrected chi connectivity index (χ2v) is 4.16. The predicted octanol–water partition coefficient (Wildman–Crippen LogP) is 2.80. The molecule has 16 heavy (non-hydrogen) atoms. The average molecular weight is 277 g/mol. The van der Waals surface area contributed by atoms with Gasteiger partial charge in [0.2, 0.25) is 0 Å². The number of benzene rings is 1. The smallest absolute Gasteiger partial charge is 0.152 e. The minimum Gasteiger partial charge on any atom is -0.339 e. The molecule has 0 aliphatic carbocycles. The van der Waals surface area contributed by atoms with E-state index in [9.17, 15) is 0 Å². The molecule has 0 fully saturated rings. The summed E-state index contributed by atoms with van der Waals surface area (Å²) in [6.45, 7) is 0. The number of nitrogens with one attached hydrogen (secondary N) is 1. The molecule has 0 amide bonds. The second-order valence-electron chi connectivity index (χ2n) is 3.31. The van der Waals surface area contributed by atoms with Crippen LogP contribution in [0.15, 0.2) is 34.9 Å². The Bertz CT molecular complexity index is 553. The van der Waals surface area contributed by atoms with Gasteiger partial charge in [-0.25, -0.2) is 0 Å². The summed E-state index contributed by atoms with van der Waals surface area (Å²) in [7, 11) is 1.86. The standard InChI is InChI=1S/C11H9BrN4/c1-16-5-4-11(15-16)14-9-3-2-8(7-13)10(12)6-9/h2-6H,1H3,(H,14,15). The molecule has 2 aromatic rings. The molecule has 1 aromatic carbocycles. The molecule has 0 saturated heterocycles. The lowest BCUT2D eigenvalue weighted by Crippen LogP contribution is -1.94. The van der Waals surface area contributed by atoms with Crippen molar-refractivity contribution in [3.05, 3.63) is 40.5 Å². The van der Waals surface area contributed by atoms with Crippen LogP contribution in [0.4, 0.5) is 11.5 Å². The molecule has 80 valence electrons. The third kappa shape index (κ3) is 2.23. The molecule has 2 rings (SSSR count). The van der Waals surface area contributed by atoms with E-state index in [0.717, 1.165) is 16.0 Å². The summed E-state index contributed by atoms with van der Waals surface area (Å²) in [5.74, 6) is 0.777. The van der Waals surface area contributed by atoms with Crippen molar-refractivity contribution in [1.29, 1.82) is 5.26 Å². The molecule has 0 spiro atoms. The summed E-state index contributed by atoms with van der Waals surface area (Å²) in [5, 5.41) is 16.1. The molecule has 0 radical (unpaired) electrons. The van der Waals surface area contributed by atoms with Crippen molar-refractivity contribution in [3.8, 4) is 6.07 Å². The van der Waals surface area contributed by atoms with Gasteiger partial charge in [0.1, 0.15) is 6.07 Å². The van der Waals surface area contributed by atoms with Gasteiger partial charge >= 0.3 is 0 Å². The van der Waals surface area contributed by atoms with Crippen molar-refractivity contribution in [3.63, 3.8) is 0 Å². The molecule has 0 bridgehead atoms. The van der Waals surface area contributed by atoms with Crippen LogP contribution in [0, 0.1) is 11.3 Å². The number of halogens is 1. The number of hydrogen-bond acceptors (Lipinski definition) is 3. The first-order valence-corrected chi connectivity index (χ1v) is 5.44. The number of anilines is 2. The van der Waals surface area contributed by atoms with Crippen LogP contribution >= 0.6 is 15.9 Å². The summed E-state index contributed by atoms with van der Waals surface area (Å²) in [5.41, 5.74) is 1.51. The largest absolute Gasteiger partial charge is 0.339 e. The SMILES string of the molecule is Cn1ccc(Nc2ccc(C#N)c(Br)c2)n1. The van der Waals surface area contributed by atoms with E-state index in [-0.39, 0.29) is 0 Å². The van der Waals surface area contributed by atoms with E-state index in [1.807, 2.05) is 31.4 Å². The predicted molar refractivity (Wildman–Crippen MR) is 65.3 cm³/mol. The Labute approximate surface area is 102 Å². The van der Waals surface area contributed by atoms with Crippen molar-refractivity contribution < 1.29 is 0 Å². The number of aromatic nitrogens is 2. The fraction of sp³-hybridized carbons (Fsp3) is 0.0909. The average Bonchev–Trinajstić information content (AvgIpc) is 2.64.